The van der Waals surface area contributed by atoms with E-state index < -0.39 is 23.6 Å². The number of carbonyl (C=O) groups is 2. The summed E-state index contributed by atoms with van der Waals surface area (Å²) < 4.78 is 42.9. The molecule has 5 nitrogen and oxygen atoms in total. The molecule has 24 heavy (non-hydrogen) atoms. The molecule has 0 saturated carbocycles. The number of carbonyl (C=O) groups excluding carboxylic acids is 2. The summed E-state index contributed by atoms with van der Waals surface area (Å²) in [5.74, 6) is -1.78. The molecule has 0 aliphatic carbocycles. The van der Waals surface area contributed by atoms with Crippen molar-refractivity contribution in [2.24, 2.45) is 0 Å². The number of amides is 2. The number of methoxy groups -OCH3 is 1. The number of anilines is 2. The molecule has 0 spiro atoms. The van der Waals surface area contributed by atoms with Gasteiger partial charge in [-0.3, -0.25) is 9.59 Å². The van der Waals surface area contributed by atoms with Gasteiger partial charge >= 0.3 is 18.0 Å². The minimum absolute atomic E-state index is 0.134. The highest BCUT2D eigenvalue weighted by Gasteiger charge is 2.30. The van der Waals surface area contributed by atoms with E-state index >= 15 is 0 Å². The van der Waals surface area contributed by atoms with Crippen molar-refractivity contribution in [3.8, 4) is 5.75 Å². The first kappa shape index (κ1) is 17.3. The maximum Gasteiger partial charge on any atom is 0.416 e. The van der Waals surface area contributed by atoms with Gasteiger partial charge in [0.05, 0.1) is 18.4 Å². The van der Waals surface area contributed by atoms with Crippen molar-refractivity contribution < 1.29 is 27.5 Å². The third kappa shape index (κ3) is 4.25. The topological polar surface area (TPSA) is 67.4 Å². The molecule has 8 heteroatoms. The lowest BCUT2D eigenvalue weighted by Crippen LogP contribution is -2.29. The van der Waals surface area contributed by atoms with Gasteiger partial charge in [-0.05, 0) is 30.3 Å². The minimum atomic E-state index is -4.54. The number of halogens is 3. The zero-order valence-electron chi connectivity index (χ0n) is 12.5. The molecule has 0 heterocycles. The van der Waals surface area contributed by atoms with Gasteiger partial charge in [0, 0.05) is 5.69 Å². The Kier molecular flexibility index (Phi) is 5.08. The molecular formula is C16H13F3N2O3. The van der Waals surface area contributed by atoms with Crippen LogP contribution in [0, 0.1) is 0 Å². The van der Waals surface area contributed by atoms with E-state index in [9.17, 15) is 22.8 Å². The molecule has 2 N–H and O–H groups in total. The molecule has 0 bridgehead atoms. The van der Waals surface area contributed by atoms with Gasteiger partial charge in [-0.25, -0.2) is 0 Å². The van der Waals surface area contributed by atoms with E-state index in [1.165, 1.54) is 19.2 Å². The second-order valence-corrected chi connectivity index (χ2v) is 4.69. The molecule has 0 fully saturated rings. The molecule has 2 rings (SSSR count). The van der Waals surface area contributed by atoms with Crippen LogP contribution in [0.15, 0.2) is 48.5 Å². The minimum Gasteiger partial charge on any atom is -0.495 e. The van der Waals surface area contributed by atoms with Crippen molar-refractivity contribution in [1.29, 1.82) is 0 Å². The van der Waals surface area contributed by atoms with Gasteiger partial charge < -0.3 is 15.4 Å². The molecule has 2 aromatic carbocycles. The van der Waals surface area contributed by atoms with Crippen molar-refractivity contribution in [3.63, 3.8) is 0 Å². The second kappa shape index (κ2) is 7.03. The zero-order chi connectivity index (χ0) is 17.7. The molecule has 2 aromatic rings. The molecule has 0 aliphatic heterocycles. The zero-order valence-corrected chi connectivity index (χ0v) is 12.5. The van der Waals surface area contributed by atoms with Gasteiger partial charge in [-0.15, -0.1) is 0 Å². The fraction of sp³-hybridized carbons (Fsp3) is 0.125. The van der Waals surface area contributed by atoms with Crippen LogP contribution in [-0.4, -0.2) is 18.9 Å². The number of hydrogen-bond donors (Lipinski definition) is 2. The number of rotatable bonds is 3. The maximum atomic E-state index is 12.6. The SMILES string of the molecule is COc1ccccc1NC(=O)C(=O)Nc1cccc(C(F)(F)F)c1. The van der Waals surface area contributed by atoms with Crippen LogP contribution in [0.3, 0.4) is 0 Å². The van der Waals surface area contributed by atoms with Crippen LogP contribution < -0.4 is 15.4 Å². The van der Waals surface area contributed by atoms with Crippen LogP contribution >= 0.6 is 0 Å². The van der Waals surface area contributed by atoms with E-state index in [4.69, 9.17) is 4.74 Å². The van der Waals surface area contributed by atoms with Crippen molar-refractivity contribution in [2.45, 2.75) is 6.18 Å². The van der Waals surface area contributed by atoms with E-state index in [2.05, 4.69) is 10.6 Å². The van der Waals surface area contributed by atoms with E-state index in [0.29, 0.717) is 5.75 Å². The fourth-order valence-corrected chi connectivity index (χ4v) is 1.89. The van der Waals surface area contributed by atoms with Crippen LogP contribution in [0.25, 0.3) is 0 Å². The van der Waals surface area contributed by atoms with Gasteiger partial charge in [-0.2, -0.15) is 13.2 Å². The Hall–Kier alpha value is -3.03. The second-order valence-electron chi connectivity index (χ2n) is 4.69. The molecule has 0 unspecified atom stereocenters. The highest BCUT2D eigenvalue weighted by Crippen LogP contribution is 2.30. The lowest BCUT2D eigenvalue weighted by molar-refractivity contribution is -0.137. The van der Waals surface area contributed by atoms with Gasteiger partial charge in [0.25, 0.3) is 0 Å². The van der Waals surface area contributed by atoms with E-state index in [1.54, 1.807) is 18.2 Å². The highest BCUT2D eigenvalue weighted by atomic mass is 19.4. The lowest BCUT2D eigenvalue weighted by Gasteiger charge is -2.11. The first-order chi connectivity index (χ1) is 11.3. The molecule has 0 aliphatic rings. The summed E-state index contributed by atoms with van der Waals surface area (Å²) in [6.45, 7) is 0. The Bertz CT molecular complexity index is 760. The Morgan fingerprint density at radius 2 is 1.62 bits per heavy atom. The number of nitrogens with one attached hydrogen (secondary N) is 2. The Labute approximate surface area is 135 Å². The first-order valence-corrected chi connectivity index (χ1v) is 6.74. The number of benzene rings is 2. The van der Waals surface area contributed by atoms with E-state index in [0.717, 1.165) is 18.2 Å². The first-order valence-electron chi connectivity index (χ1n) is 6.74. The standard InChI is InChI=1S/C16H13F3N2O3/c1-24-13-8-3-2-7-12(13)21-15(23)14(22)20-11-6-4-5-10(9-11)16(17,18)19/h2-9H,1H3,(H,20,22)(H,21,23). The number of alkyl halides is 3. The number of hydrogen-bond acceptors (Lipinski definition) is 3. The van der Waals surface area contributed by atoms with Crippen molar-refractivity contribution in [1.82, 2.24) is 0 Å². The monoisotopic (exact) mass is 338 g/mol. The smallest absolute Gasteiger partial charge is 0.416 e. The average Bonchev–Trinajstić information content (AvgIpc) is 2.54. The molecule has 2 amide bonds. The average molecular weight is 338 g/mol. The third-order valence-corrected chi connectivity index (χ3v) is 3.01. The van der Waals surface area contributed by atoms with E-state index in [1.807, 2.05) is 0 Å². The summed E-state index contributed by atoms with van der Waals surface area (Å²) in [5.41, 5.74) is -0.792. The lowest BCUT2D eigenvalue weighted by atomic mass is 10.2. The van der Waals surface area contributed by atoms with Crippen LogP contribution in [-0.2, 0) is 15.8 Å². The van der Waals surface area contributed by atoms with Crippen LogP contribution in [0.4, 0.5) is 24.5 Å². The molecular weight excluding hydrogens is 325 g/mol. The normalized spacial score (nSPS) is 10.8. The van der Waals surface area contributed by atoms with Crippen molar-refractivity contribution in [2.75, 3.05) is 17.7 Å². The predicted octanol–water partition coefficient (Wildman–Crippen LogP) is 3.29. The summed E-state index contributed by atoms with van der Waals surface area (Å²) in [6, 6.07) is 10.4. The van der Waals surface area contributed by atoms with Gasteiger partial charge in [0.1, 0.15) is 5.75 Å². The predicted molar refractivity (Wildman–Crippen MR) is 81.7 cm³/mol. The molecule has 0 aromatic heterocycles. The van der Waals surface area contributed by atoms with Crippen LogP contribution in [0.2, 0.25) is 0 Å². The molecule has 126 valence electrons. The fourth-order valence-electron chi connectivity index (χ4n) is 1.89. The van der Waals surface area contributed by atoms with Crippen LogP contribution in [0.1, 0.15) is 5.56 Å². The third-order valence-electron chi connectivity index (χ3n) is 3.01. The summed E-state index contributed by atoms with van der Waals surface area (Å²) in [5, 5.41) is 4.45. The van der Waals surface area contributed by atoms with Crippen molar-refractivity contribution >= 4 is 23.2 Å². The van der Waals surface area contributed by atoms with Crippen LogP contribution in [0.5, 0.6) is 5.75 Å². The van der Waals surface area contributed by atoms with Gasteiger partial charge in [-0.1, -0.05) is 18.2 Å². The molecule has 0 saturated heterocycles. The summed E-state index contributed by atoms with van der Waals surface area (Å²) in [4.78, 5) is 23.7. The van der Waals surface area contributed by atoms with Gasteiger partial charge in [0.2, 0.25) is 0 Å². The highest BCUT2D eigenvalue weighted by molar-refractivity contribution is 6.43. The van der Waals surface area contributed by atoms with Gasteiger partial charge in [0.15, 0.2) is 0 Å². The number of para-hydroxylation sites is 2. The molecule has 0 atom stereocenters. The van der Waals surface area contributed by atoms with Crippen molar-refractivity contribution in [3.05, 3.63) is 54.1 Å². The summed E-state index contributed by atoms with van der Waals surface area (Å²) in [6.07, 6.45) is -4.54. The summed E-state index contributed by atoms with van der Waals surface area (Å²) >= 11 is 0. The Morgan fingerprint density at radius 3 is 2.29 bits per heavy atom. The molecule has 0 radical (unpaired) electrons. The quantitative estimate of drug-likeness (QED) is 0.844. The maximum absolute atomic E-state index is 12.6. The van der Waals surface area contributed by atoms with E-state index in [-0.39, 0.29) is 11.4 Å². The Morgan fingerprint density at radius 1 is 0.958 bits per heavy atom. The summed E-state index contributed by atoms with van der Waals surface area (Å²) in [7, 11) is 1.40. The number of ether oxygens (including phenoxy) is 1. The Balaban J connectivity index is 2.08. The largest absolute Gasteiger partial charge is 0.495 e.